The number of aryl methyl sites for hydroxylation is 1. The van der Waals surface area contributed by atoms with Crippen molar-refractivity contribution in [2.75, 3.05) is 18.4 Å². The molecule has 1 aliphatic heterocycles. The summed E-state index contributed by atoms with van der Waals surface area (Å²) in [4.78, 5) is 17.8. The second-order valence-corrected chi connectivity index (χ2v) is 7.14. The molecular weight excluding hydrogens is 324 g/mol. The van der Waals surface area contributed by atoms with Gasteiger partial charge in [0.2, 0.25) is 0 Å². The van der Waals surface area contributed by atoms with Crippen molar-refractivity contribution in [3.63, 3.8) is 0 Å². The van der Waals surface area contributed by atoms with Gasteiger partial charge in [-0.3, -0.25) is 9.20 Å². The maximum absolute atomic E-state index is 12.6. The molecule has 1 unspecified atom stereocenters. The molecule has 3 aromatic rings. The quantitative estimate of drug-likeness (QED) is 0.756. The lowest BCUT2D eigenvalue weighted by atomic mass is 10.1. The molecule has 0 aromatic carbocycles. The highest BCUT2D eigenvalue weighted by molar-refractivity contribution is 7.13. The Balaban J connectivity index is 1.49. The van der Waals surface area contributed by atoms with Crippen LogP contribution in [-0.2, 0) is 6.42 Å². The van der Waals surface area contributed by atoms with Crippen molar-refractivity contribution in [2.24, 2.45) is 5.92 Å². The van der Waals surface area contributed by atoms with E-state index in [-0.39, 0.29) is 5.91 Å². The standard InChI is InChI=1S/C16H18N6OS/c1-10-15(24-14(19-10)6-11-4-5-17-7-11)16(23)20-12-2-3-13-21-18-9-22(13)8-12/h2-3,8-9,11,17H,4-7H2,1H3,(H,20,23). The van der Waals surface area contributed by atoms with E-state index in [1.54, 1.807) is 16.9 Å². The van der Waals surface area contributed by atoms with Crippen LogP contribution in [0.3, 0.4) is 0 Å². The van der Waals surface area contributed by atoms with Gasteiger partial charge >= 0.3 is 0 Å². The SMILES string of the molecule is Cc1nc(CC2CCNC2)sc1C(=O)Nc1ccc2nncn2c1. The Morgan fingerprint density at radius 3 is 3.25 bits per heavy atom. The smallest absolute Gasteiger partial charge is 0.267 e. The molecule has 1 amide bonds. The number of nitrogens with zero attached hydrogens (tertiary/aromatic N) is 4. The van der Waals surface area contributed by atoms with Crippen LogP contribution in [0.2, 0.25) is 0 Å². The van der Waals surface area contributed by atoms with Crippen molar-refractivity contribution in [2.45, 2.75) is 19.8 Å². The van der Waals surface area contributed by atoms with Crippen molar-refractivity contribution in [3.05, 3.63) is 40.2 Å². The van der Waals surface area contributed by atoms with E-state index in [9.17, 15) is 4.79 Å². The predicted molar refractivity (Wildman–Crippen MR) is 92.5 cm³/mol. The van der Waals surface area contributed by atoms with E-state index >= 15 is 0 Å². The van der Waals surface area contributed by atoms with Crippen LogP contribution < -0.4 is 10.6 Å². The first-order valence-electron chi connectivity index (χ1n) is 7.97. The molecule has 0 aliphatic carbocycles. The van der Waals surface area contributed by atoms with Crippen LogP contribution in [0.5, 0.6) is 0 Å². The van der Waals surface area contributed by atoms with Crippen LogP contribution in [0, 0.1) is 12.8 Å². The monoisotopic (exact) mass is 342 g/mol. The molecule has 1 atom stereocenters. The van der Waals surface area contributed by atoms with Crippen LogP contribution >= 0.6 is 11.3 Å². The zero-order chi connectivity index (χ0) is 16.5. The number of hydrogen-bond donors (Lipinski definition) is 2. The number of carbonyl (C=O) groups is 1. The second kappa shape index (κ2) is 6.29. The maximum Gasteiger partial charge on any atom is 0.267 e. The van der Waals surface area contributed by atoms with E-state index in [1.807, 2.05) is 19.1 Å². The minimum atomic E-state index is -0.117. The number of fused-ring (bicyclic) bond motifs is 1. The number of hydrogen-bond acceptors (Lipinski definition) is 6. The van der Waals surface area contributed by atoms with Crippen LogP contribution in [0.15, 0.2) is 24.7 Å². The van der Waals surface area contributed by atoms with Crippen molar-refractivity contribution in [1.82, 2.24) is 24.9 Å². The van der Waals surface area contributed by atoms with Gasteiger partial charge in [-0.1, -0.05) is 0 Å². The topological polar surface area (TPSA) is 84.2 Å². The summed E-state index contributed by atoms with van der Waals surface area (Å²) < 4.78 is 1.77. The number of anilines is 1. The number of aromatic nitrogens is 4. The summed E-state index contributed by atoms with van der Waals surface area (Å²) in [7, 11) is 0. The van der Waals surface area contributed by atoms with Gasteiger partial charge in [0, 0.05) is 12.6 Å². The molecule has 3 aromatic heterocycles. The molecular formula is C16H18N6OS. The fourth-order valence-electron chi connectivity index (χ4n) is 2.98. The number of thiazole rings is 1. The van der Waals surface area contributed by atoms with E-state index in [4.69, 9.17) is 0 Å². The zero-order valence-electron chi connectivity index (χ0n) is 13.3. The molecule has 8 heteroatoms. The molecule has 24 heavy (non-hydrogen) atoms. The molecule has 0 bridgehead atoms. The molecule has 1 aliphatic rings. The Morgan fingerprint density at radius 2 is 2.42 bits per heavy atom. The van der Waals surface area contributed by atoms with Crippen LogP contribution in [0.1, 0.15) is 26.8 Å². The highest BCUT2D eigenvalue weighted by Crippen LogP contribution is 2.24. The summed E-state index contributed by atoms with van der Waals surface area (Å²) in [6, 6.07) is 3.64. The van der Waals surface area contributed by atoms with Gasteiger partial charge in [-0.2, -0.15) is 0 Å². The Bertz CT molecular complexity index is 880. The summed E-state index contributed by atoms with van der Waals surface area (Å²) in [6.45, 7) is 4.01. The molecule has 0 radical (unpaired) electrons. The molecule has 124 valence electrons. The van der Waals surface area contributed by atoms with Gasteiger partial charge in [0.05, 0.1) is 16.4 Å². The van der Waals surface area contributed by atoms with E-state index in [0.717, 1.165) is 35.9 Å². The minimum Gasteiger partial charge on any atom is -0.320 e. The highest BCUT2D eigenvalue weighted by Gasteiger charge is 2.20. The lowest BCUT2D eigenvalue weighted by Crippen LogP contribution is -2.12. The third kappa shape index (κ3) is 3.02. The first kappa shape index (κ1) is 15.2. The van der Waals surface area contributed by atoms with E-state index < -0.39 is 0 Å². The lowest BCUT2D eigenvalue weighted by Gasteiger charge is -2.04. The third-order valence-electron chi connectivity index (χ3n) is 4.22. The van der Waals surface area contributed by atoms with E-state index in [2.05, 4.69) is 25.8 Å². The molecule has 4 rings (SSSR count). The maximum atomic E-state index is 12.6. The van der Waals surface area contributed by atoms with Gasteiger partial charge in [0.1, 0.15) is 11.2 Å². The van der Waals surface area contributed by atoms with E-state index in [0.29, 0.717) is 16.5 Å². The van der Waals surface area contributed by atoms with Crippen molar-refractivity contribution >= 4 is 28.6 Å². The van der Waals surface area contributed by atoms with Crippen LogP contribution in [-0.4, -0.2) is 38.6 Å². The Kier molecular flexibility index (Phi) is 3.99. The summed E-state index contributed by atoms with van der Waals surface area (Å²) in [5, 5.41) is 15.1. The first-order valence-corrected chi connectivity index (χ1v) is 8.78. The van der Waals surface area contributed by atoms with Crippen LogP contribution in [0.25, 0.3) is 5.65 Å². The van der Waals surface area contributed by atoms with Crippen LogP contribution in [0.4, 0.5) is 5.69 Å². The Labute approximate surface area is 143 Å². The number of carbonyl (C=O) groups excluding carboxylic acids is 1. The normalized spacial score (nSPS) is 17.5. The highest BCUT2D eigenvalue weighted by atomic mass is 32.1. The number of pyridine rings is 1. The number of amides is 1. The molecule has 0 saturated carbocycles. The minimum absolute atomic E-state index is 0.117. The van der Waals surface area contributed by atoms with Gasteiger partial charge in [0.15, 0.2) is 5.65 Å². The first-order chi connectivity index (χ1) is 11.7. The lowest BCUT2D eigenvalue weighted by molar-refractivity contribution is 0.103. The van der Waals surface area contributed by atoms with Crippen molar-refractivity contribution < 1.29 is 4.79 Å². The zero-order valence-corrected chi connectivity index (χ0v) is 14.1. The second-order valence-electron chi connectivity index (χ2n) is 6.05. The third-order valence-corrected chi connectivity index (χ3v) is 5.40. The fourth-order valence-corrected chi connectivity index (χ4v) is 4.05. The van der Waals surface area contributed by atoms with Gasteiger partial charge in [0.25, 0.3) is 5.91 Å². The number of nitrogens with one attached hydrogen (secondary N) is 2. The molecule has 1 fully saturated rings. The largest absolute Gasteiger partial charge is 0.320 e. The van der Waals surface area contributed by atoms with Gasteiger partial charge in [-0.15, -0.1) is 21.5 Å². The average Bonchev–Trinajstić information content (AvgIpc) is 3.28. The molecule has 1 saturated heterocycles. The Morgan fingerprint density at radius 1 is 1.50 bits per heavy atom. The molecule has 2 N–H and O–H groups in total. The van der Waals surface area contributed by atoms with Gasteiger partial charge < -0.3 is 10.6 Å². The van der Waals surface area contributed by atoms with Gasteiger partial charge in [-0.05, 0) is 44.5 Å². The fraction of sp³-hybridized carbons (Fsp3) is 0.375. The predicted octanol–water partition coefficient (Wildman–Crippen LogP) is 1.90. The summed E-state index contributed by atoms with van der Waals surface area (Å²) in [5.41, 5.74) is 2.25. The Hall–Kier alpha value is -2.32. The summed E-state index contributed by atoms with van der Waals surface area (Å²) in [5.74, 6) is 0.510. The summed E-state index contributed by atoms with van der Waals surface area (Å²) >= 11 is 1.50. The van der Waals surface area contributed by atoms with Crippen molar-refractivity contribution in [3.8, 4) is 0 Å². The number of rotatable bonds is 4. The van der Waals surface area contributed by atoms with Crippen molar-refractivity contribution in [1.29, 1.82) is 0 Å². The average molecular weight is 342 g/mol. The molecule has 0 spiro atoms. The molecule has 7 nitrogen and oxygen atoms in total. The van der Waals surface area contributed by atoms with Gasteiger partial charge in [-0.25, -0.2) is 4.98 Å². The summed E-state index contributed by atoms with van der Waals surface area (Å²) in [6.07, 6.45) is 5.53. The van der Waals surface area contributed by atoms with E-state index in [1.165, 1.54) is 17.8 Å². The molecule has 4 heterocycles.